The van der Waals surface area contributed by atoms with Crippen molar-refractivity contribution in [1.82, 2.24) is 9.47 Å². The van der Waals surface area contributed by atoms with Gasteiger partial charge in [0.1, 0.15) is 16.0 Å². The van der Waals surface area contributed by atoms with Crippen molar-refractivity contribution in [1.29, 1.82) is 0 Å². The number of hydrogen-bond acceptors (Lipinski definition) is 5. The SMILES string of the molecule is Cc1cc(C)n(C)c(=O)c1C(=O)N1CCC2(CC1)OCCc1cc(C(=O)O)sc12. The molecule has 1 saturated heterocycles. The van der Waals surface area contributed by atoms with E-state index in [-0.39, 0.29) is 17.0 Å². The summed E-state index contributed by atoms with van der Waals surface area (Å²) >= 11 is 1.28. The molecule has 0 unspecified atom stereocenters. The maximum atomic E-state index is 13.1. The van der Waals surface area contributed by atoms with E-state index in [9.17, 15) is 19.5 Å². The highest BCUT2D eigenvalue weighted by Crippen LogP contribution is 2.45. The van der Waals surface area contributed by atoms with Crippen molar-refractivity contribution < 1.29 is 19.4 Å². The summed E-state index contributed by atoms with van der Waals surface area (Å²) in [4.78, 5) is 40.2. The molecule has 2 aliphatic heterocycles. The van der Waals surface area contributed by atoms with Gasteiger partial charge in [-0.2, -0.15) is 0 Å². The molecule has 0 aromatic carbocycles. The molecule has 1 amide bonds. The van der Waals surface area contributed by atoms with Crippen LogP contribution in [0, 0.1) is 13.8 Å². The predicted octanol–water partition coefficient (Wildman–Crippen LogP) is 2.47. The maximum Gasteiger partial charge on any atom is 0.345 e. The molecule has 2 aromatic rings. The molecule has 4 heterocycles. The summed E-state index contributed by atoms with van der Waals surface area (Å²) in [5.74, 6) is -1.16. The molecule has 1 N–H and O–H groups in total. The normalized spacial score (nSPS) is 18.0. The van der Waals surface area contributed by atoms with Crippen molar-refractivity contribution in [3.05, 3.63) is 54.6 Å². The number of nitrogens with zero attached hydrogens (tertiary/aromatic N) is 2. The number of carboxylic acid groups (broad SMARTS) is 1. The minimum absolute atomic E-state index is 0.226. The first kappa shape index (κ1) is 19.8. The van der Waals surface area contributed by atoms with Crippen LogP contribution >= 0.6 is 11.3 Å². The van der Waals surface area contributed by atoms with Gasteiger partial charge in [0.05, 0.1) is 6.61 Å². The number of aromatic nitrogens is 1. The molecule has 29 heavy (non-hydrogen) atoms. The van der Waals surface area contributed by atoms with Gasteiger partial charge < -0.3 is 19.3 Å². The molecule has 4 rings (SSSR count). The molecular weight excluding hydrogens is 392 g/mol. The third-order valence-corrected chi connectivity index (χ3v) is 7.47. The fraction of sp³-hybridized carbons (Fsp3) is 0.476. The van der Waals surface area contributed by atoms with E-state index in [1.54, 1.807) is 24.9 Å². The molecule has 2 aromatic heterocycles. The lowest BCUT2D eigenvalue weighted by molar-refractivity contribution is -0.0906. The van der Waals surface area contributed by atoms with Crippen LogP contribution in [-0.4, -0.2) is 46.1 Å². The summed E-state index contributed by atoms with van der Waals surface area (Å²) in [6, 6.07) is 3.61. The zero-order valence-corrected chi connectivity index (χ0v) is 17.6. The van der Waals surface area contributed by atoms with Crippen LogP contribution in [0.3, 0.4) is 0 Å². The first-order chi connectivity index (χ1) is 13.7. The summed E-state index contributed by atoms with van der Waals surface area (Å²) in [5, 5.41) is 9.34. The molecule has 0 saturated carbocycles. The fourth-order valence-electron chi connectivity index (χ4n) is 4.37. The van der Waals surface area contributed by atoms with E-state index in [4.69, 9.17) is 4.74 Å². The van der Waals surface area contributed by atoms with Crippen molar-refractivity contribution in [2.75, 3.05) is 19.7 Å². The number of carboxylic acids is 1. The van der Waals surface area contributed by atoms with Crippen molar-refractivity contribution in [2.24, 2.45) is 7.05 Å². The van der Waals surface area contributed by atoms with Gasteiger partial charge in [-0.1, -0.05) is 0 Å². The van der Waals surface area contributed by atoms with Crippen LogP contribution in [0.15, 0.2) is 16.9 Å². The number of aryl methyl sites for hydroxylation is 2. The molecular formula is C21H24N2O5S. The zero-order valence-electron chi connectivity index (χ0n) is 16.8. The van der Waals surface area contributed by atoms with Crippen LogP contribution in [0.1, 0.15) is 54.6 Å². The highest BCUT2D eigenvalue weighted by molar-refractivity contribution is 7.14. The van der Waals surface area contributed by atoms with E-state index in [2.05, 4.69) is 0 Å². The van der Waals surface area contributed by atoms with Gasteiger partial charge in [-0.05, 0) is 56.4 Å². The fourth-order valence-corrected chi connectivity index (χ4v) is 5.62. The zero-order chi connectivity index (χ0) is 20.9. The first-order valence-corrected chi connectivity index (χ1v) is 10.5. The summed E-state index contributed by atoms with van der Waals surface area (Å²) in [6.45, 7) is 5.12. The second-order valence-electron chi connectivity index (χ2n) is 7.86. The van der Waals surface area contributed by atoms with Crippen molar-refractivity contribution in [3.8, 4) is 0 Å². The van der Waals surface area contributed by atoms with Gasteiger partial charge in [0, 0.05) is 30.7 Å². The number of rotatable bonds is 2. The third-order valence-electron chi connectivity index (χ3n) is 6.12. The summed E-state index contributed by atoms with van der Waals surface area (Å²) < 4.78 is 7.66. The van der Waals surface area contributed by atoms with E-state index in [0.717, 1.165) is 16.1 Å². The number of piperidine rings is 1. The Morgan fingerprint density at radius 3 is 2.55 bits per heavy atom. The molecule has 0 radical (unpaired) electrons. The van der Waals surface area contributed by atoms with E-state index in [0.29, 0.717) is 49.4 Å². The smallest absolute Gasteiger partial charge is 0.345 e. The number of hydrogen-bond donors (Lipinski definition) is 1. The number of amides is 1. The van der Waals surface area contributed by atoms with Gasteiger partial charge in [-0.3, -0.25) is 9.59 Å². The number of likely N-dealkylation sites (tertiary alicyclic amines) is 1. The topological polar surface area (TPSA) is 88.8 Å². The van der Waals surface area contributed by atoms with Crippen LogP contribution in [0.4, 0.5) is 0 Å². The van der Waals surface area contributed by atoms with E-state index < -0.39 is 11.6 Å². The molecule has 1 spiro atoms. The van der Waals surface area contributed by atoms with E-state index >= 15 is 0 Å². The summed E-state index contributed by atoms with van der Waals surface area (Å²) in [7, 11) is 1.67. The number of carbonyl (C=O) groups excluding carboxylic acids is 1. The highest BCUT2D eigenvalue weighted by atomic mass is 32.1. The number of carbonyl (C=O) groups is 2. The second-order valence-corrected chi connectivity index (χ2v) is 8.92. The lowest BCUT2D eigenvalue weighted by Gasteiger charge is -2.43. The maximum absolute atomic E-state index is 13.1. The average molecular weight is 416 g/mol. The lowest BCUT2D eigenvalue weighted by Crippen LogP contribution is -2.49. The molecule has 0 atom stereocenters. The van der Waals surface area contributed by atoms with Crippen LogP contribution in [0.5, 0.6) is 0 Å². The number of aromatic carboxylic acids is 1. The lowest BCUT2D eigenvalue weighted by atomic mass is 9.85. The van der Waals surface area contributed by atoms with E-state index in [1.165, 1.54) is 15.9 Å². The highest BCUT2D eigenvalue weighted by Gasteiger charge is 2.44. The number of pyridine rings is 1. The molecule has 154 valence electrons. The van der Waals surface area contributed by atoms with Crippen LogP contribution in [0.2, 0.25) is 0 Å². The minimum atomic E-state index is -0.919. The molecule has 8 heteroatoms. The van der Waals surface area contributed by atoms with Crippen molar-refractivity contribution in [3.63, 3.8) is 0 Å². The quantitative estimate of drug-likeness (QED) is 0.812. The van der Waals surface area contributed by atoms with E-state index in [1.807, 2.05) is 13.0 Å². The first-order valence-electron chi connectivity index (χ1n) is 9.70. The van der Waals surface area contributed by atoms with Crippen molar-refractivity contribution >= 4 is 23.2 Å². The largest absolute Gasteiger partial charge is 0.477 e. The van der Waals surface area contributed by atoms with Crippen LogP contribution < -0.4 is 5.56 Å². The molecule has 0 aliphatic carbocycles. The molecule has 2 aliphatic rings. The van der Waals surface area contributed by atoms with Crippen molar-refractivity contribution in [2.45, 2.75) is 38.7 Å². The van der Waals surface area contributed by atoms with Gasteiger partial charge in [0.2, 0.25) is 0 Å². The number of thiophene rings is 1. The minimum Gasteiger partial charge on any atom is -0.477 e. The Kier molecular flexibility index (Phi) is 4.86. The molecule has 0 bridgehead atoms. The van der Waals surface area contributed by atoms with Gasteiger partial charge in [0.15, 0.2) is 0 Å². The molecule has 1 fully saturated rings. The second kappa shape index (κ2) is 7.11. The summed E-state index contributed by atoms with van der Waals surface area (Å²) in [5.41, 5.74) is 1.97. The Labute approximate surface area is 172 Å². The van der Waals surface area contributed by atoms with Gasteiger partial charge in [-0.15, -0.1) is 11.3 Å². The Morgan fingerprint density at radius 1 is 1.21 bits per heavy atom. The monoisotopic (exact) mass is 416 g/mol. The predicted molar refractivity (Wildman–Crippen MR) is 109 cm³/mol. The number of fused-ring (bicyclic) bond motifs is 2. The average Bonchev–Trinajstić information content (AvgIpc) is 3.13. The Balaban J connectivity index is 1.59. The van der Waals surface area contributed by atoms with Crippen LogP contribution in [-0.2, 0) is 23.8 Å². The van der Waals surface area contributed by atoms with Gasteiger partial charge in [0.25, 0.3) is 11.5 Å². The summed E-state index contributed by atoms with van der Waals surface area (Å²) in [6.07, 6.45) is 1.90. The van der Waals surface area contributed by atoms with Crippen LogP contribution in [0.25, 0.3) is 0 Å². The van der Waals surface area contributed by atoms with Gasteiger partial charge >= 0.3 is 5.97 Å². The Hall–Kier alpha value is -2.45. The third kappa shape index (κ3) is 3.20. The Morgan fingerprint density at radius 2 is 1.90 bits per heavy atom. The number of ether oxygens (including phenoxy) is 1. The van der Waals surface area contributed by atoms with Gasteiger partial charge in [-0.25, -0.2) is 4.79 Å². The standard InChI is InChI=1S/C21H24N2O5S/c1-12-10-13(2)22(3)18(24)16(12)19(25)23-7-5-21(6-8-23)17-14(4-9-28-21)11-15(29-17)20(26)27/h10-11H,4-9H2,1-3H3,(H,26,27). The Bertz CT molecular complexity index is 1060. The molecule has 7 nitrogen and oxygen atoms in total.